The lowest BCUT2D eigenvalue weighted by Gasteiger charge is -2.24. The van der Waals surface area contributed by atoms with Crippen LogP contribution in [0.5, 0.6) is 0 Å². The molecule has 20 heavy (non-hydrogen) atoms. The second-order valence-electron chi connectivity index (χ2n) is 5.59. The van der Waals surface area contributed by atoms with Crippen LogP contribution in [0.25, 0.3) is 0 Å². The van der Waals surface area contributed by atoms with Gasteiger partial charge in [-0.15, -0.1) is 0 Å². The SMILES string of the molecule is CCCCC(CC)CC(NC)c1c(F)ccc(C)c1F. The third-order valence-corrected chi connectivity index (χ3v) is 4.13. The summed E-state index contributed by atoms with van der Waals surface area (Å²) in [5.74, 6) is -0.348. The van der Waals surface area contributed by atoms with E-state index >= 15 is 0 Å². The Balaban J connectivity index is 2.93. The molecule has 0 bridgehead atoms. The smallest absolute Gasteiger partial charge is 0.133 e. The van der Waals surface area contributed by atoms with Crippen LogP contribution in [0.3, 0.4) is 0 Å². The molecule has 114 valence electrons. The van der Waals surface area contributed by atoms with Crippen molar-refractivity contribution in [3.8, 4) is 0 Å². The minimum Gasteiger partial charge on any atom is -0.313 e. The maximum Gasteiger partial charge on any atom is 0.133 e. The molecule has 1 rings (SSSR count). The van der Waals surface area contributed by atoms with Crippen molar-refractivity contribution in [3.05, 3.63) is 34.9 Å². The van der Waals surface area contributed by atoms with Crippen LogP contribution in [0, 0.1) is 24.5 Å². The monoisotopic (exact) mass is 283 g/mol. The van der Waals surface area contributed by atoms with Crippen LogP contribution in [0.1, 0.15) is 63.1 Å². The summed E-state index contributed by atoms with van der Waals surface area (Å²) in [5.41, 5.74) is 0.700. The van der Waals surface area contributed by atoms with Gasteiger partial charge in [0.2, 0.25) is 0 Å². The highest BCUT2D eigenvalue weighted by Crippen LogP contribution is 2.30. The van der Waals surface area contributed by atoms with Gasteiger partial charge in [0.1, 0.15) is 11.6 Å². The van der Waals surface area contributed by atoms with Crippen LogP contribution in [0.4, 0.5) is 8.78 Å². The first kappa shape index (κ1) is 17.1. The van der Waals surface area contributed by atoms with Crippen LogP contribution in [0.15, 0.2) is 12.1 Å². The van der Waals surface area contributed by atoms with Crippen LogP contribution in [-0.2, 0) is 0 Å². The summed E-state index contributed by atoms with van der Waals surface area (Å²) >= 11 is 0. The molecule has 1 aromatic carbocycles. The molecule has 1 aromatic rings. The molecule has 0 saturated heterocycles. The van der Waals surface area contributed by atoms with Gasteiger partial charge < -0.3 is 5.32 Å². The highest BCUT2D eigenvalue weighted by atomic mass is 19.1. The number of hydrogen-bond acceptors (Lipinski definition) is 1. The van der Waals surface area contributed by atoms with Gasteiger partial charge in [0.25, 0.3) is 0 Å². The molecule has 0 spiro atoms. The van der Waals surface area contributed by atoms with Crippen molar-refractivity contribution in [2.45, 2.75) is 58.9 Å². The number of hydrogen-bond donors (Lipinski definition) is 1. The Labute approximate surface area is 121 Å². The van der Waals surface area contributed by atoms with E-state index in [-0.39, 0.29) is 11.6 Å². The molecule has 0 saturated carbocycles. The maximum absolute atomic E-state index is 14.2. The highest BCUT2D eigenvalue weighted by Gasteiger charge is 2.22. The van der Waals surface area contributed by atoms with Crippen molar-refractivity contribution in [2.75, 3.05) is 7.05 Å². The first-order valence-electron chi connectivity index (χ1n) is 7.66. The lowest BCUT2D eigenvalue weighted by Crippen LogP contribution is -2.22. The van der Waals surface area contributed by atoms with E-state index in [4.69, 9.17) is 0 Å². The molecule has 0 fully saturated rings. The van der Waals surface area contributed by atoms with Gasteiger partial charge in [-0.2, -0.15) is 0 Å². The number of unbranched alkanes of at least 4 members (excludes halogenated alkanes) is 1. The third kappa shape index (κ3) is 4.27. The molecule has 0 heterocycles. The van der Waals surface area contributed by atoms with Crippen LogP contribution in [0.2, 0.25) is 0 Å². The minimum atomic E-state index is -0.446. The molecule has 0 aliphatic rings. The Morgan fingerprint density at radius 2 is 1.90 bits per heavy atom. The molecule has 0 aliphatic carbocycles. The van der Waals surface area contributed by atoms with Crippen LogP contribution in [-0.4, -0.2) is 7.05 Å². The fraction of sp³-hybridized carbons (Fsp3) is 0.647. The standard InChI is InChI=1S/C17H27F2N/c1-5-7-8-13(6-2)11-15(20-4)16-14(18)10-9-12(3)17(16)19/h9-10,13,15,20H,5-8,11H2,1-4H3. The van der Waals surface area contributed by atoms with Crippen molar-refractivity contribution in [1.82, 2.24) is 5.32 Å². The van der Waals surface area contributed by atoms with Crippen molar-refractivity contribution in [2.24, 2.45) is 5.92 Å². The Bertz CT molecular complexity index is 418. The highest BCUT2D eigenvalue weighted by molar-refractivity contribution is 5.29. The summed E-state index contributed by atoms with van der Waals surface area (Å²) in [4.78, 5) is 0. The zero-order valence-corrected chi connectivity index (χ0v) is 13.1. The van der Waals surface area contributed by atoms with Crippen molar-refractivity contribution in [3.63, 3.8) is 0 Å². The van der Waals surface area contributed by atoms with Gasteiger partial charge in [-0.05, 0) is 37.9 Å². The summed E-state index contributed by atoms with van der Waals surface area (Å²) in [5, 5.41) is 3.09. The molecule has 0 radical (unpaired) electrons. The molecule has 1 nitrogen and oxygen atoms in total. The van der Waals surface area contributed by atoms with E-state index in [1.54, 1.807) is 14.0 Å². The normalized spacial score (nSPS) is 14.3. The Hall–Kier alpha value is -0.960. The largest absolute Gasteiger partial charge is 0.313 e. The Morgan fingerprint density at radius 1 is 1.20 bits per heavy atom. The van der Waals surface area contributed by atoms with Gasteiger partial charge in [-0.3, -0.25) is 0 Å². The van der Waals surface area contributed by atoms with Crippen molar-refractivity contribution < 1.29 is 8.78 Å². The Kier molecular flexibility index (Phi) is 7.14. The summed E-state index contributed by atoms with van der Waals surface area (Å²) in [7, 11) is 1.78. The number of nitrogens with one attached hydrogen (secondary N) is 1. The predicted octanol–water partition coefficient (Wildman–Crippen LogP) is 5.14. The van der Waals surface area contributed by atoms with E-state index in [9.17, 15) is 8.78 Å². The third-order valence-electron chi connectivity index (χ3n) is 4.13. The fourth-order valence-corrected chi connectivity index (χ4v) is 2.69. The predicted molar refractivity (Wildman–Crippen MR) is 80.8 cm³/mol. The van der Waals surface area contributed by atoms with Gasteiger partial charge >= 0.3 is 0 Å². The zero-order chi connectivity index (χ0) is 15.1. The van der Waals surface area contributed by atoms with Gasteiger partial charge in [0.05, 0.1) is 0 Å². The average Bonchev–Trinajstić information content (AvgIpc) is 2.45. The van der Waals surface area contributed by atoms with Crippen LogP contribution < -0.4 is 5.32 Å². The molecule has 0 aromatic heterocycles. The van der Waals surface area contributed by atoms with Crippen molar-refractivity contribution >= 4 is 0 Å². The quantitative estimate of drug-likeness (QED) is 0.696. The lowest BCUT2D eigenvalue weighted by molar-refractivity contribution is 0.351. The summed E-state index contributed by atoms with van der Waals surface area (Å²) in [6.07, 6.45) is 5.29. The summed E-state index contributed by atoms with van der Waals surface area (Å²) in [6.45, 7) is 6.00. The van der Waals surface area contributed by atoms with E-state index in [1.165, 1.54) is 18.6 Å². The molecule has 3 heteroatoms. The Morgan fingerprint density at radius 3 is 2.45 bits per heavy atom. The van der Waals surface area contributed by atoms with Gasteiger partial charge in [0, 0.05) is 11.6 Å². The van der Waals surface area contributed by atoms with E-state index in [0.717, 1.165) is 25.7 Å². The molecular formula is C17H27F2N. The first-order chi connectivity index (χ1) is 9.54. The molecular weight excluding hydrogens is 256 g/mol. The molecule has 2 atom stereocenters. The van der Waals surface area contributed by atoms with Crippen molar-refractivity contribution in [1.29, 1.82) is 0 Å². The first-order valence-corrected chi connectivity index (χ1v) is 7.66. The van der Waals surface area contributed by atoms with Gasteiger partial charge in [0.15, 0.2) is 0 Å². The second-order valence-corrected chi connectivity index (χ2v) is 5.59. The average molecular weight is 283 g/mol. The van der Waals surface area contributed by atoms with E-state index in [1.807, 2.05) is 0 Å². The maximum atomic E-state index is 14.2. The van der Waals surface area contributed by atoms with E-state index in [0.29, 0.717) is 11.5 Å². The second kappa shape index (κ2) is 8.35. The molecule has 2 unspecified atom stereocenters. The minimum absolute atomic E-state index is 0.197. The van der Waals surface area contributed by atoms with Gasteiger partial charge in [-0.25, -0.2) is 8.78 Å². The lowest BCUT2D eigenvalue weighted by atomic mass is 9.88. The fourth-order valence-electron chi connectivity index (χ4n) is 2.69. The number of benzene rings is 1. The van der Waals surface area contributed by atoms with E-state index in [2.05, 4.69) is 19.2 Å². The number of rotatable bonds is 8. The van der Waals surface area contributed by atoms with Gasteiger partial charge in [-0.1, -0.05) is 45.6 Å². The summed E-state index contributed by atoms with van der Waals surface area (Å²) < 4.78 is 28.2. The number of aryl methyl sites for hydroxylation is 1. The topological polar surface area (TPSA) is 12.0 Å². The number of halogens is 2. The molecule has 0 amide bonds. The molecule has 1 N–H and O–H groups in total. The van der Waals surface area contributed by atoms with E-state index < -0.39 is 11.6 Å². The zero-order valence-electron chi connectivity index (χ0n) is 13.1. The van der Waals surface area contributed by atoms with Crippen LogP contribution >= 0.6 is 0 Å². The summed E-state index contributed by atoms with van der Waals surface area (Å²) in [6, 6.07) is 2.61. The molecule has 0 aliphatic heterocycles.